The van der Waals surface area contributed by atoms with Crippen LogP contribution in [0, 0.1) is 6.92 Å². The largest absolute Gasteiger partial charge is 0.322 e. The van der Waals surface area contributed by atoms with Crippen LogP contribution in [0.1, 0.15) is 24.5 Å². The van der Waals surface area contributed by atoms with Gasteiger partial charge in [-0.25, -0.2) is 0 Å². The normalized spacial score (nSPS) is 28.5. The molecule has 22 heavy (non-hydrogen) atoms. The SMILES string of the molecule is Cc1ccc([C@]23C[C@@H](C)Sc4ccccc4N2C3(Cl)Cl)cc1. The molecule has 2 aromatic rings. The number of halogens is 2. The predicted molar refractivity (Wildman–Crippen MR) is 96.2 cm³/mol. The van der Waals surface area contributed by atoms with E-state index in [2.05, 4.69) is 67.3 Å². The standard InChI is InChI=1S/C18H17Cl2NS/c1-12-7-9-14(10-8-12)17-11-13(2)22-16-6-4-3-5-15(16)21(17)18(17,19)20/h3-10,13H,11H2,1-2H3/t13-,17+,21?/m1/s1. The molecule has 0 bridgehead atoms. The molecular formula is C18H17Cl2NS. The van der Waals surface area contributed by atoms with Crippen molar-refractivity contribution < 1.29 is 0 Å². The highest BCUT2D eigenvalue weighted by atomic mass is 35.5. The lowest BCUT2D eigenvalue weighted by molar-refractivity contribution is 0.610. The molecule has 1 nitrogen and oxygen atoms in total. The van der Waals surface area contributed by atoms with Crippen molar-refractivity contribution in [1.82, 2.24) is 0 Å². The van der Waals surface area contributed by atoms with Gasteiger partial charge in [-0.05, 0) is 31.0 Å². The highest BCUT2D eigenvalue weighted by Crippen LogP contribution is 2.71. The van der Waals surface area contributed by atoms with Gasteiger partial charge in [-0.1, -0.05) is 72.1 Å². The topological polar surface area (TPSA) is 3.01 Å². The molecule has 4 rings (SSSR count). The molecule has 0 spiro atoms. The van der Waals surface area contributed by atoms with Crippen molar-refractivity contribution >= 4 is 40.7 Å². The number of hydrogen-bond donors (Lipinski definition) is 0. The molecular weight excluding hydrogens is 333 g/mol. The summed E-state index contributed by atoms with van der Waals surface area (Å²) in [6, 6.07) is 17.0. The van der Waals surface area contributed by atoms with Crippen molar-refractivity contribution in [2.75, 3.05) is 4.90 Å². The van der Waals surface area contributed by atoms with Crippen LogP contribution in [-0.2, 0) is 5.54 Å². The van der Waals surface area contributed by atoms with Gasteiger partial charge in [-0.2, -0.15) is 0 Å². The molecule has 0 N–H and O–H groups in total. The Kier molecular flexibility index (Phi) is 3.24. The summed E-state index contributed by atoms with van der Waals surface area (Å²) in [7, 11) is 0. The maximum atomic E-state index is 6.79. The lowest BCUT2D eigenvalue weighted by Gasteiger charge is -2.19. The molecule has 0 aliphatic carbocycles. The Hall–Kier alpha value is -0.830. The molecule has 2 aliphatic rings. The quantitative estimate of drug-likeness (QED) is 0.367. The lowest BCUT2D eigenvalue weighted by atomic mass is 9.92. The fraction of sp³-hybridized carbons (Fsp3) is 0.333. The Bertz CT molecular complexity index is 728. The van der Waals surface area contributed by atoms with E-state index in [0.717, 1.165) is 12.1 Å². The number of thioether (sulfide) groups is 1. The Balaban J connectivity index is 1.90. The van der Waals surface area contributed by atoms with Crippen LogP contribution >= 0.6 is 35.0 Å². The van der Waals surface area contributed by atoms with E-state index in [4.69, 9.17) is 23.2 Å². The van der Waals surface area contributed by atoms with Crippen molar-refractivity contribution in [3.05, 3.63) is 59.7 Å². The van der Waals surface area contributed by atoms with Gasteiger partial charge in [0.2, 0.25) is 4.46 Å². The van der Waals surface area contributed by atoms with Gasteiger partial charge in [0.1, 0.15) is 5.54 Å². The van der Waals surface area contributed by atoms with Crippen LogP contribution in [0.5, 0.6) is 0 Å². The van der Waals surface area contributed by atoms with Gasteiger partial charge in [-0.3, -0.25) is 0 Å². The fourth-order valence-electron chi connectivity index (χ4n) is 3.58. The van der Waals surface area contributed by atoms with Crippen LogP contribution < -0.4 is 4.90 Å². The number of nitrogens with zero attached hydrogens (tertiary/aromatic N) is 1. The smallest absolute Gasteiger partial charge is 0.219 e. The molecule has 0 unspecified atom stereocenters. The minimum Gasteiger partial charge on any atom is -0.322 e. The maximum Gasteiger partial charge on any atom is 0.219 e. The number of aryl methyl sites for hydroxylation is 1. The van der Waals surface area contributed by atoms with E-state index in [1.165, 1.54) is 16.0 Å². The van der Waals surface area contributed by atoms with E-state index < -0.39 is 4.46 Å². The Morgan fingerprint density at radius 1 is 1.09 bits per heavy atom. The summed E-state index contributed by atoms with van der Waals surface area (Å²) in [6.45, 7) is 4.35. The summed E-state index contributed by atoms with van der Waals surface area (Å²) in [5, 5.41) is 0.451. The number of benzene rings is 2. The first-order chi connectivity index (χ1) is 10.5. The van der Waals surface area contributed by atoms with E-state index in [-0.39, 0.29) is 5.54 Å². The molecule has 2 heterocycles. The third-order valence-electron chi connectivity index (χ3n) is 4.66. The lowest BCUT2D eigenvalue weighted by Crippen LogP contribution is -2.21. The van der Waals surface area contributed by atoms with E-state index in [1.807, 2.05) is 11.8 Å². The summed E-state index contributed by atoms with van der Waals surface area (Å²) in [5.41, 5.74) is 3.26. The van der Waals surface area contributed by atoms with Crippen LogP contribution in [-0.4, -0.2) is 9.71 Å². The Labute approximate surface area is 145 Å². The molecule has 0 radical (unpaired) electrons. The first-order valence-corrected chi connectivity index (χ1v) is 9.11. The van der Waals surface area contributed by atoms with Gasteiger partial charge >= 0.3 is 0 Å². The average Bonchev–Trinajstić information content (AvgIpc) is 3.01. The predicted octanol–water partition coefficient (Wildman–Crippen LogP) is 5.73. The fourth-order valence-corrected chi connectivity index (χ4v) is 5.71. The molecule has 2 aromatic carbocycles. The molecule has 0 amide bonds. The van der Waals surface area contributed by atoms with Gasteiger partial charge in [0.25, 0.3) is 0 Å². The number of fused-ring (bicyclic) bond motifs is 3. The molecule has 0 saturated carbocycles. The zero-order chi connectivity index (χ0) is 15.5. The van der Waals surface area contributed by atoms with Crippen molar-refractivity contribution in [1.29, 1.82) is 0 Å². The van der Waals surface area contributed by atoms with E-state index in [9.17, 15) is 0 Å². The summed E-state index contributed by atoms with van der Waals surface area (Å²) >= 11 is 15.5. The van der Waals surface area contributed by atoms with Gasteiger partial charge in [-0.15, -0.1) is 11.8 Å². The van der Waals surface area contributed by atoms with Gasteiger partial charge < -0.3 is 4.90 Å². The number of hydrogen-bond acceptors (Lipinski definition) is 2. The molecule has 0 aromatic heterocycles. The minimum atomic E-state index is -0.881. The molecule has 1 fully saturated rings. The van der Waals surface area contributed by atoms with Crippen molar-refractivity contribution in [2.45, 2.75) is 40.4 Å². The molecule has 1 saturated heterocycles. The maximum absolute atomic E-state index is 6.79. The summed E-state index contributed by atoms with van der Waals surface area (Å²) in [4.78, 5) is 3.44. The first-order valence-electron chi connectivity index (χ1n) is 7.48. The van der Waals surface area contributed by atoms with E-state index in [1.54, 1.807) is 0 Å². The molecule has 4 heteroatoms. The zero-order valence-corrected chi connectivity index (χ0v) is 14.8. The highest BCUT2D eigenvalue weighted by molar-refractivity contribution is 8.00. The van der Waals surface area contributed by atoms with E-state index >= 15 is 0 Å². The zero-order valence-electron chi connectivity index (χ0n) is 12.5. The second kappa shape index (κ2) is 4.83. The molecule has 2 atom stereocenters. The monoisotopic (exact) mass is 349 g/mol. The Morgan fingerprint density at radius 3 is 2.50 bits per heavy atom. The van der Waals surface area contributed by atoms with Crippen LogP contribution in [0.2, 0.25) is 0 Å². The second-order valence-electron chi connectivity index (χ2n) is 6.20. The van der Waals surface area contributed by atoms with Gasteiger partial charge in [0.05, 0.1) is 5.69 Å². The number of alkyl halides is 2. The highest BCUT2D eigenvalue weighted by Gasteiger charge is 2.76. The van der Waals surface area contributed by atoms with Crippen molar-refractivity contribution in [3.63, 3.8) is 0 Å². The average molecular weight is 350 g/mol. The third kappa shape index (κ3) is 1.87. The number of anilines is 1. The van der Waals surface area contributed by atoms with Crippen LogP contribution in [0.4, 0.5) is 5.69 Å². The number of rotatable bonds is 1. The summed E-state index contributed by atoms with van der Waals surface area (Å²) in [5.74, 6) is 0. The number of para-hydroxylation sites is 1. The van der Waals surface area contributed by atoms with Crippen molar-refractivity contribution in [2.24, 2.45) is 0 Å². The molecule has 114 valence electrons. The Morgan fingerprint density at radius 2 is 1.77 bits per heavy atom. The van der Waals surface area contributed by atoms with Crippen LogP contribution in [0.15, 0.2) is 53.4 Å². The van der Waals surface area contributed by atoms with E-state index in [0.29, 0.717) is 5.25 Å². The van der Waals surface area contributed by atoms with Gasteiger partial charge in [0.15, 0.2) is 0 Å². The third-order valence-corrected chi connectivity index (χ3v) is 6.79. The second-order valence-corrected chi connectivity index (χ2v) is 8.97. The van der Waals surface area contributed by atoms with Crippen molar-refractivity contribution in [3.8, 4) is 0 Å². The van der Waals surface area contributed by atoms with Gasteiger partial charge in [0, 0.05) is 10.1 Å². The van der Waals surface area contributed by atoms with Crippen LogP contribution in [0.3, 0.4) is 0 Å². The summed E-state index contributed by atoms with van der Waals surface area (Å²) in [6.07, 6.45) is 0.933. The first kappa shape index (κ1) is 14.7. The summed E-state index contributed by atoms with van der Waals surface area (Å²) < 4.78 is -0.881. The van der Waals surface area contributed by atoms with Crippen LogP contribution in [0.25, 0.3) is 0 Å². The molecule has 2 aliphatic heterocycles. The minimum absolute atomic E-state index is 0.331.